The quantitative estimate of drug-likeness (QED) is 0.550. The van der Waals surface area contributed by atoms with Gasteiger partial charge >= 0.3 is 0 Å². The van der Waals surface area contributed by atoms with Crippen molar-refractivity contribution in [3.8, 4) is 0 Å². The summed E-state index contributed by atoms with van der Waals surface area (Å²) in [7, 11) is 10.8. The van der Waals surface area contributed by atoms with Crippen LogP contribution < -0.4 is 0 Å². The van der Waals surface area contributed by atoms with Crippen LogP contribution in [0.5, 0.6) is 0 Å². The van der Waals surface area contributed by atoms with Crippen molar-refractivity contribution in [2.24, 2.45) is 0 Å². The summed E-state index contributed by atoms with van der Waals surface area (Å²) >= 11 is -1.84. The number of hydrogen-bond donors (Lipinski definition) is 1. The fourth-order valence-corrected chi connectivity index (χ4v) is 15.6. The highest BCUT2D eigenvalue weighted by atomic mass is 33.9. The van der Waals surface area contributed by atoms with E-state index in [1.807, 2.05) is 0 Å². The first-order valence-electron chi connectivity index (χ1n) is 2.28. The predicted octanol–water partition coefficient (Wildman–Crippen LogP) is 4.64. The van der Waals surface area contributed by atoms with Gasteiger partial charge in [-0.1, -0.05) is 10.8 Å². The zero-order chi connectivity index (χ0) is 8.81. The second kappa shape index (κ2) is 7.57. The van der Waals surface area contributed by atoms with E-state index in [0.29, 0.717) is 4.24 Å². The molecule has 10 heteroatoms. The molecule has 0 bridgehead atoms. The largest absolute Gasteiger partial charge is 0.302 e. The van der Waals surface area contributed by atoms with Crippen LogP contribution in [0.15, 0.2) is 9.65 Å². The fraction of sp³-hybridized carbons (Fsp3) is 0. The minimum atomic E-state index is -1.84. The van der Waals surface area contributed by atoms with Crippen LogP contribution in [0, 0.1) is 0 Å². The normalized spacial score (nSPS) is 23.2. The minimum absolute atomic E-state index is 0.508. The van der Waals surface area contributed by atoms with Gasteiger partial charge in [-0.3, -0.25) is 0 Å². The Balaban J connectivity index is 2.49. The summed E-state index contributed by atoms with van der Waals surface area (Å²) < 4.78 is 20.0. The van der Waals surface area contributed by atoms with Crippen molar-refractivity contribution in [3.63, 3.8) is 0 Å². The first-order chi connectivity index (χ1) is 5.80. The Morgan fingerprint density at radius 3 is 2.58 bits per heavy atom. The van der Waals surface area contributed by atoms with Crippen LogP contribution in [0.25, 0.3) is 0 Å². The molecule has 2 nitrogen and oxygen atoms in total. The van der Waals surface area contributed by atoms with Gasteiger partial charge in [-0.2, -0.15) is 0 Å². The molecule has 1 rings (SSSR count). The van der Waals surface area contributed by atoms with Gasteiger partial charge in [-0.25, -0.2) is 4.21 Å². The molecule has 1 unspecified atom stereocenters. The van der Waals surface area contributed by atoms with Gasteiger partial charge in [0.2, 0.25) is 0 Å². The van der Waals surface area contributed by atoms with Crippen LogP contribution in [0.4, 0.5) is 0 Å². The molecule has 0 saturated heterocycles. The first-order valence-corrected chi connectivity index (χ1v) is 12.3. The minimum Gasteiger partial charge on any atom is -0.302 e. The highest BCUT2D eigenvalue weighted by Crippen LogP contribution is 2.58. The van der Waals surface area contributed by atoms with Crippen LogP contribution in [0.3, 0.4) is 0 Å². The zero-order valence-electron chi connectivity index (χ0n) is 5.20. The summed E-state index contributed by atoms with van der Waals surface area (Å²) in [6.07, 6.45) is 0. The highest BCUT2D eigenvalue weighted by Gasteiger charge is 2.09. The molecule has 0 aromatic rings. The second-order valence-corrected chi connectivity index (χ2v) is 13.4. The van der Waals surface area contributed by atoms with Crippen LogP contribution in [-0.2, 0) is 11.1 Å². The van der Waals surface area contributed by atoms with Gasteiger partial charge in [0.05, 0.1) is 0 Å². The van der Waals surface area contributed by atoms with E-state index in [1.54, 1.807) is 44.7 Å². The molecule has 0 radical (unpaired) electrons. The van der Waals surface area contributed by atoms with E-state index in [1.165, 1.54) is 31.4 Å². The maximum absolute atomic E-state index is 10.7. The molecule has 0 amide bonds. The Kier molecular flexibility index (Phi) is 7.81. The summed E-state index contributed by atoms with van der Waals surface area (Å²) in [6.45, 7) is 0. The van der Waals surface area contributed by atoms with Crippen LogP contribution in [-0.4, -0.2) is 8.76 Å². The van der Waals surface area contributed by atoms with Gasteiger partial charge < -0.3 is 4.55 Å². The molecule has 70 valence electrons. The Bertz CT molecular complexity index is 189. The molecule has 1 N–H and O–H groups in total. The standard InChI is InChI=1S/C2H2O2S8/c3-12(4)2-1-5-7-9-11-10-8-6-2/h1H,(H,3,4). The Hall–Kier alpha value is 2.30. The molecule has 0 saturated carbocycles. The molecule has 1 atom stereocenters. The van der Waals surface area contributed by atoms with E-state index in [-0.39, 0.29) is 0 Å². The molecule has 1 aliphatic rings. The van der Waals surface area contributed by atoms with E-state index in [2.05, 4.69) is 0 Å². The summed E-state index contributed by atoms with van der Waals surface area (Å²) in [4.78, 5) is 0. The van der Waals surface area contributed by atoms with Gasteiger partial charge in [-0.05, 0) is 59.9 Å². The third-order valence-electron chi connectivity index (χ3n) is 0.583. The maximum Gasteiger partial charge on any atom is 0.194 e. The lowest BCUT2D eigenvalue weighted by Crippen LogP contribution is -1.84. The van der Waals surface area contributed by atoms with Gasteiger partial charge in [-0.15, -0.1) is 0 Å². The fourth-order valence-electron chi connectivity index (χ4n) is 0.246. The monoisotopic (exact) mass is 314 g/mol. The third kappa shape index (κ3) is 5.25. The van der Waals surface area contributed by atoms with Crippen LogP contribution in [0.2, 0.25) is 0 Å². The Morgan fingerprint density at radius 2 is 1.83 bits per heavy atom. The lowest BCUT2D eigenvalue weighted by Gasteiger charge is -1.96. The van der Waals surface area contributed by atoms with Gasteiger partial charge in [0.15, 0.2) is 11.1 Å². The summed E-state index contributed by atoms with van der Waals surface area (Å²) in [6, 6.07) is 0. The zero-order valence-corrected chi connectivity index (χ0v) is 11.7. The van der Waals surface area contributed by atoms with Gasteiger partial charge in [0, 0.05) is 5.41 Å². The van der Waals surface area contributed by atoms with Crippen molar-refractivity contribution < 1.29 is 8.76 Å². The maximum atomic E-state index is 10.7. The molecule has 1 aliphatic heterocycles. The molecule has 0 fully saturated rings. The van der Waals surface area contributed by atoms with Gasteiger partial charge in [0.25, 0.3) is 0 Å². The topological polar surface area (TPSA) is 37.3 Å². The smallest absolute Gasteiger partial charge is 0.194 e. The van der Waals surface area contributed by atoms with Crippen LogP contribution >= 0.6 is 70.7 Å². The second-order valence-electron chi connectivity index (χ2n) is 1.21. The summed E-state index contributed by atoms with van der Waals surface area (Å²) in [5.41, 5.74) is 0. The molecular weight excluding hydrogens is 313 g/mol. The van der Waals surface area contributed by atoms with Crippen molar-refractivity contribution >= 4 is 81.8 Å². The van der Waals surface area contributed by atoms with Crippen molar-refractivity contribution in [2.45, 2.75) is 0 Å². The van der Waals surface area contributed by atoms with Crippen molar-refractivity contribution in [1.29, 1.82) is 0 Å². The lowest BCUT2D eigenvalue weighted by atomic mass is 11.2. The van der Waals surface area contributed by atoms with Crippen molar-refractivity contribution in [1.82, 2.24) is 0 Å². The molecule has 12 heavy (non-hydrogen) atoms. The Morgan fingerprint density at radius 1 is 1.17 bits per heavy atom. The highest BCUT2D eigenvalue weighted by molar-refractivity contribution is 9.46. The summed E-state index contributed by atoms with van der Waals surface area (Å²) in [5, 5.41) is 1.72. The lowest BCUT2D eigenvalue weighted by molar-refractivity contribution is 0.573. The molecule has 0 aromatic heterocycles. The SMILES string of the molecule is O=S(O)C1=CSSSSSSS1. The van der Waals surface area contributed by atoms with Gasteiger partial charge in [0.1, 0.15) is 4.24 Å². The van der Waals surface area contributed by atoms with E-state index in [9.17, 15) is 4.21 Å². The van der Waals surface area contributed by atoms with E-state index < -0.39 is 11.1 Å². The van der Waals surface area contributed by atoms with E-state index in [0.717, 1.165) is 0 Å². The molecule has 0 aliphatic carbocycles. The van der Waals surface area contributed by atoms with Crippen LogP contribution in [0.1, 0.15) is 0 Å². The van der Waals surface area contributed by atoms with Crippen molar-refractivity contribution in [3.05, 3.63) is 9.65 Å². The average molecular weight is 315 g/mol. The predicted molar refractivity (Wildman–Crippen MR) is 72.0 cm³/mol. The summed E-state index contributed by atoms with van der Waals surface area (Å²) in [5.74, 6) is 0. The van der Waals surface area contributed by atoms with Crippen molar-refractivity contribution in [2.75, 3.05) is 0 Å². The van der Waals surface area contributed by atoms with E-state index >= 15 is 0 Å². The number of rotatable bonds is 1. The number of hydrogen-bond acceptors (Lipinski definition) is 8. The molecule has 1 heterocycles. The molecule has 0 aromatic carbocycles. The molecular formula is C2H2O2S8. The average Bonchev–Trinajstić information content (AvgIpc) is 2.15. The first kappa shape index (κ1) is 12.4. The van der Waals surface area contributed by atoms with E-state index in [4.69, 9.17) is 4.55 Å². The Labute approximate surface area is 99.0 Å². The molecule has 0 spiro atoms. The third-order valence-corrected chi connectivity index (χ3v) is 14.6.